The van der Waals surface area contributed by atoms with Crippen LogP contribution < -0.4 is 10.2 Å². The van der Waals surface area contributed by atoms with E-state index in [0.29, 0.717) is 30.9 Å². The van der Waals surface area contributed by atoms with Gasteiger partial charge < -0.3 is 14.4 Å². The third kappa shape index (κ3) is 5.38. The highest BCUT2D eigenvalue weighted by Gasteiger charge is 2.31. The fraction of sp³-hybridized carbons (Fsp3) is 0.444. The van der Waals surface area contributed by atoms with Gasteiger partial charge in [-0.05, 0) is 32.9 Å². The van der Waals surface area contributed by atoms with Crippen molar-refractivity contribution in [2.45, 2.75) is 38.9 Å². The van der Waals surface area contributed by atoms with Crippen molar-refractivity contribution < 1.29 is 14.3 Å². The van der Waals surface area contributed by atoms with Crippen LogP contribution in [0.25, 0.3) is 0 Å². The van der Waals surface area contributed by atoms with Crippen LogP contribution in [0.15, 0.2) is 29.4 Å². The van der Waals surface area contributed by atoms with Crippen molar-refractivity contribution in [2.75, 3.05) is 18.5 Å². The molecule has 1 aromatic rings. The summed E-state index contributed by atoms with van der Waals surface area (Å²) < 4.78 is 11.3. The van der Waals surface area contributed by atoms with E-state index in [-0.39, 0.29) is 17.9 Å². The summed E-state index contributed by atoms with van der Waals surface area (Å²) in [5, 5.41) is 21.2. The average Bonchev–Trinajstić information content (AvgIpc) is 3.04. The van der Waals surface area contributed by atoms with Gasteiger partial charge in [0.15, 0.2) is 0 Å². The zero-order valence-electron chi connectivity index (χ0n) is 15.0. The molecule has 1 aromatic carbocycles. The Morgan fingerprint density at radius 2 is 2.00 bits per heavy atom. The van der Waals surface area contributed by atoms with Crippen LogP contribution in [0.3, 0.4) is 0 Å². The van der Waals surface area contributed by atoms with Gasteiger partial charge in [0.25, 0.3) is 0 Å². The second-order valence-corrected chi connectivity index (χ2v) is 6.75. The number of hydrogen-bond donors (Lipinski definition) is 1. The smallest absolute Gasteiger partial charge is 0.410 e. The van der Waals surface area contributed by atoms with Crippen LogP contribution in [0.4, 0.5) is 10.5 Å². The molecule has 0 radical (unpaired) electrons. The molecule has 1 atom stereocenters. The minimum absolute atomic E-state index is 0.180. The van der Waals surface area contributed by atoms with E-state index in [1.54, 1.807) is 41.3 Å². The molecular weight excluding hydrogens is 334 g/mol. The molecule has 1 aliphatic rings. The highest BCUT2D eigenvalue weighted by molar-refractivity contribution is 6.10. The van der Waals surface area contributed by atoms with Gasteiger partial charge in [0.1, 0.15) is 29.6 Å². The van der Waals surface area contributed by atoms with Gasteiger partial charge in [-0.15, -0.1) is 0 Å². The maximum absolute atomic E-state index is 12.1. The monoisotopic (exact) mass is 355 g/mol. The van der Waals surface area contributed by atoms with E-state index in [1.807, 2.05) is 20.8 Å². The molecule has 1 aliphatic heterocycles. The molecule has 1 unspecified atom stereocenters. The van der Waals surface area contributed by atoms with Crippen LogP contribution in [0.5, 0.6) is 5.75 Å². The average molecular weight is 355 g/mol. The standard InChI is InChI=1S/C18H21N5O3/c1-18(2,3)26-17(24)23-9-8-14(12-23)25-16-7-5-4-6-15(16)22-21-13(10-19)11-20/h4-7,14,22H,8-9,12H2,1-3H3. The van der Waals surface area contributed by atoms with Crippen molar-refractivity contribution in [3.8, 4) is 17.9 Å². The summed E-state index contributed by atoms with van der Waals surface area (Å²) >= 11 is 0. The van der Waals surface area contributed by atoms with Crippen molar-refractivity contribution in [3.63, 3.8) is 0 Å². The second kappa shape index (κ2) is 8.21. The quantitative estimate of drug-likeness (QED) is 0.657. The number of nitrogens with one attached hydrogen (secondary N) is 1. The molecule has 1 N–H and O–H groups in total. The number of hydrazone groups is 1. The van der Waals surface area contributed by atoms with Crippen LogP contribution in [0, 0.1) is 22.7 Å². The van der Waals surface area contributed by atoms with E-state index >= 15 is 0 Å². The summed E-state index contributed by atoms with van der Waals surface area (Å²) in [7, 11) is 0. The predicted octanol–water partition coefficient (Wildman–Crippen LogP) is 2.89. The van der Waals surface area contributed by atoms with E-state index in [0.717, 1.165) is 0 Å². The highest BCUT2D eigenvalue weighted by Crippen LogP contribution is 2.27. The molecule has 1 saturated heterocycles. The maximum Gasteiger partial charge on any atom is 0.410 e. The molecule has 26 heavy (non-hydrogen) atoms. The topological polar surface area (TPSA) is 111 Å². The van der Waals surface area contributed by atoms with Crippen molar-refractivity contribution in [1.29, 1.82) is 10.5 Å². The number of amides is 1. The number of nitriles is 2. The van der Waals surface area contributed by atoms with Crippen LogP contribution in [-0.4, -0.2) is 41.5 Å². The zero-order chi connectivity index (χ0) is 19.2. The third-order valence-electron chi connectivity index (χ3n) is 3.48. The first-order valence-electron chi connectivity index (χ1n) is 8.20. The first-order valence-corrected chi connectivity index (χ1v) is 8.20. The second-order valence-electron chi connectivity index (χ2n) is 6.75. The van der Waals surface area contributed by atoms with Gasteiger partial charge in [-0.25, -0.2) is 4.79 Å². The van der Waals surface area contributed by atoms with E-state index in [4.69, 9.17) is 20.0 Å². The number of nitrogens with zero attached hydrogens (tertiary/aromatic N) is 4. The number of likely N-dealkylation sites (tertiary alicyclic amines) is 1. The van der Waals surface area contributed by atoms with Crippen molar-refractivity contribution in [1.82, 2.24) is 4.90 Å². The molecular formula is C18H21N5O3. The molecule has 1 fully saturated rings. The van der Waals surface area contributed by atoms with Gasteiger partial charge in [0.05, 0.1) is 12.2 Å². The Morgan fingerprint density at radius 1 is 1.31 bits per heavy atom. The van der Waals surface area contributed by atoms with E-state index < -0.39 is 5.60 Å². The third-order valence-corrected chi connectivity index (χ3v) is 3.48. The Balaban J connectivity index is 2.00. The fourth-order valence-electron chi connectivity index (χ4n) is 2.35. The normalized spacial score (nSPS) is 16.2. The number of carbonyl (C=O) groups excluding carboxylic acids is 1. The van der Waals surface area contributed by atoms with Gasteiger partial charge in [-0.1, -0.05) is 12.1 Å². The number of rotatable bonds is 4. The van der Waals surface area contributed by atoms with Gasteiger partial charge in [-0.3, -0.25) is 5.43 Å². The first-order chi connectivity index (χ1) is 12.3. The molecule has 2 rings (SSSR count). The fourth-order valence-corrected chi connectivity index (χ4v) is 2.35. The molecule has 1 amide bonds. The Kier molecular flexibility index (Phi) is 6.03. The van der Waals surface area contributed by atoms with Crippen molar-refractivity contribution in [3.05, 3.63) is 24.3 Å². The zero-order valence-corrected chi connectivity index (χ0v) is 15.0. The molecule has 0 aliphatic carbocycles. The SMILES string of the molecule is CC(C)(C)OC(=O)N1CCC(Oc2ccccc2NN=C(C#N)C#N)C1. The number of benzene rings is 1. The molecule has 136 valence electrons. The molecule has 8 nitrogen and oxygen atoms in total. The van der Waals surface area contributed by atoms with Crippen LogP contribution in [0.1, 0.15) is 27.2 Å². The summed E-state index contributed by atoms with van der Waals surface area (Å²) in [6.07, 6.45) is 0.145. The number of ether oxygens (including phenoxy) is 2. The van der Waals surface area contributed by atoms with Gasteiger partial charge in [0.2, 0.25) is 5.71 Å². The van der Waals surface area contributed by atoms with E-state index in [9.17, 15) is 4.79 Å². The van der Waals surface area contributed by atoms with E-state index in [2.05, 4.69) is 10.5 Å². The minimum atomic E-state index is -0.538. The van der Waals surface area contributed by atoms with Crippen LogP contribution in [-0.2, 0) is 4.74 Å². The predicted molar refractivity (Wildman–Crippen MR) is 95.6 cm³/mol. The summed E-state index contributed by atoms with van der Waals surface area (Å²) in [6, 6.07) is 10.4. The highest BCUT2D eigenvalue weighted by atomic mass is 16.6. The van der Waals surface area contributed by atoms with Crippen LogP contribution >= 0.6 is 0 Å². The summed E-state index contributed by atoms with van der Waals surface area (Å²) in [6.45, 7) is 6.46. The summed E-state index contributed by atoms with van der Waals surface area (Å²) in [4.78, 5) is 13.7. The largest absolute Gasteiger partial charge is 0.486 e. The lowest BCUT2D eigenvalue weighted by molar-refractivity contribution is 0.0276. The van der Waals surface area contributed by atoms with Crippen molar-refractivity contribution in [2.24, 2.45) is 5.10 Å². The van der Waals surface area contributed by atoms with E-state index in [1.165, 1.54) is 0 Å². The first kappa shape index (κ1) is 19.1. The van der Waals surface area contributed by atoms with Crippen molar-refractivity contribution >= 4 is 17.5 Å². The lowest BCUT2D eigenvalue weighted by Crippen LogP contribution is -2.36. The molecule has 0 aromatic heterocycles. The van der Waals surface area contributed by atoms with Gasteiger partial charge in [0, 0.05) is 13.0 Å². The van der Waals surface area contributed by atoms with Gasteiger partial charge >= 0.3 is 6.09 Å². The molecule has 0 saturated carbocycles. The van der Waals surface area contributed by atoms with Crippen LogP contribution in [0.2, 0.25) is 0 Å². The number of carbonyl (C=O) groups is 1. The Morgan fingerprint density at radius 3 is 2.65 bits per heavy atom. The lowest BCUT2D eigenvalue weighted by atomic mass is 10.2. The van der Waals surface area contributed by atoms with Gasteiger partial charge in [-0.2, -0.15) is 15.6 Å². The minimum Gasteiger partial charge on any atom is -0.486 e. The summed E-state index contributed by atoms with van der Waals surface area (Å²) in [5.41, 5.74) is 2.38. The molecule has 8 heteroatoms. The molecule has 0 bridgehead atoms. The summed E-state index contributed by atoms with van der Waals surface area (Å²) in [5.74, 6) is 0.530. The number of hydrogen-bond acceptors (Lipinski definition) is 7. The Hall–Kier alpha value is -3.26. The number of anilines is 1. The lowest BCUT2D eigenvalue weighted by Gasteiger charge is -2.24. The Labute approximate surface area is 152 Å². The molecule has 1 heterocycles. The Bertz CT molecular complexity index is 754. The maximum atomic E-state index is 12.1. The number of para-hydroxylation sites is 2. The molecule has 0 spiro atoms.